The minimum absolute atomic E-state index is 0.232. The molecule has 0 fully saturated rings. The van der Waals surface area contributed by atoms with E-state index in [1.165, 1.54) is 26.4 Å². The number of rotatable bonds is 6. The quantitative estimate of drug-likeness (QED) is 0.771. The van der Waals surface area contributed by atoms with Gasteiger partial charge in [-0.25, -0.2) is 13.6 Å². The zero-order chi connectivity index (χ0) is 19.3. The molecular weight excluding hydrogens is 372 g/mol. The van der Waals surface area contributed by atoms with E-state index in [0.29, 0.717) is 11.8 Å². The van der Waals surface area contributed by atoms with Gasteiger partial charge in [-0.05, 0) is 18.2 Å². The van der Waals surface area contributed by atoms with Crippen LogP contribution >= 0.6 is 11.6 Å². The molecule has 1 amide bonds. The first-order chi connectivity index (χ1) is 12.3. The van der Waals surface area contributed by atoms with Crippen molar-refractivity contribution in [3.63, 3.8) is 0 Å². The van der Waals surface area contributed by atoms with Crippen LogP contribution < -0.4 is 14.8 Å². The van der Waals surface area contributed by atoms with E-state index in [1.807, 2.05) is 0 Å². The summed E-state index contributed by atoms with van der Waals surface area (Å²) in [5.74, 6) is -2.98. The van der Waals surface area contributed by atoms with Crippen LogP contribution in [0.2, 0.25) is 5.02 Å². The molecule has 0 aliphatic carbocycles. The predicted octanol–water partition coefficient (Wildman–Crippen LogP) is 3.43. The summed E-state index contributed by atoms with van der Waals surface area (Å²) in [5, 5.41) is 2.69. The number of carbonyl (C=O) groups is 2. The lowest BCUT2D eigenvalue weighted by Gasteiger charge is -2.13. The molecule has 0 spiro atoms. The van der Waals surface area contributed by atoms with Gasteiger partial charge in [-0.3, -0.25) is 4.79 Å². The number of nitrogens with one attached hydrogen (secondary N) is 1. The molecule has 1 N–H and O–H groups in total. The SMILES string of the molecule is COc1cc(OC)c(NC(=O)COC(=O)c2cc(F)cc(F)c2)cc1Cl. The van der Waals surface area contributed by atoms with Crippen molar-refractivity contribution in [1.29, 1.82) is 0 Å². The lowest BCUT2D eigenvalue weighted by molar-refractivity contribution is -0.119. The Hall–Kier alpha value is -2.87. The Morgan fingerprint density at radius 3 is 2.19 bits per heavy atom. The van der Waals surface area contributed by atoms with Crippen LogP contribution in [0.15, 0.2) is 30.3 Å². The van der Waals surface area contributed by atoms with Gasteiger partial charge in [-0.1, -0.05) is 11.6 Å². The Kier molecular flexibility index (Phi) is 6.35. The molecule has 0 bridgehead atoms. The Morgan fingerprint density at radius 2 is 1.62 bits per heavy atom. The van der Waals surface area contributed by atoms with Crippen LogP contribution in [0.5, 0.6) is 11.5 Å². The van der Waals surface area contributed by atoms with Crippen LogP contribution in [-0.2, 0) is 9.53 Å². The van der Waals surface area contributed by atoms with Crippen LogP contribution in [0.1, 0.15) is 10.4 Å². The van der Waals surface area contributed by atoms with E-state index in [0.717, 1.165) is 12.1 Å². The number of methoxy groups -OCH3 is 2. The van der Waals surface area contributed by atoms with E-state index in [1.54, 1.807) is 0 Å². The van der Waals surface area contributed by atoms with Gasteiger partial charge < -0.3 is 19.5 Å². The first-order valence-electron chi connectivity index (χ1n) is 7.18. The molecule has 0 heterocycles. The number of hydrogen-bond donors (Lipinski definition) is 1. The average molecular weight is 386 g/mol. The molecule has 0 radical (unpaired) electrons. The number of benzene rings is 2. The number of halogens is 3. The molecule has 26 heavy (non-hydrogen) atoms. The van der Waals surface area contributed by atoms with E-state index in [4.69, 9.17) is 25.8 Å². The minimum Gasteiger partial charge on any atom is -0.495 e. The first kappa shape index (κ1) is 19.5. The smallest absolute Gasteiger partial charge is 0.338 e. The van der Waals surface area contributed by atoms with Crippen LogP contribution in [0.25, 0.3) is 0 Å². The maximum Gasteiger partial charge on any atom is 0.338 e. The van der Waals surface area contributed by atoms with Gasteiger partial charge in [0, 0.05) is 12.1 Å². The highest BCUT2D eigenvalue weighted by molar-refractivity contribution is 6.32. The van der Waals surface area contributed by atoms with Crippen molar-refractivity contribution >= 4 is 29.2 Å². The largest absolute Gasteiger partial charge is 0.495 e. The van der Waals surface area contributed by atoms with E-state index in [-0.39, 0.29) is 22.0 Å². The highest BCUT2D eigenvalue weighted by Gasteiger charge is 2.15. The van der Waals surface area contributed by atoms with Crippen molar-refractivity contribution < 1.29 is 32.6 Å². The molecular formula is C17H14ClF2NO5. The highest BCUT2D eigenvalue weighted by atomic mass is 35.5. The number of ether oxygens (including phenoxy) is 3. The molecule has 0 atom stereocenters. The monoisotopic (exact) mass is 385 g/mol. The van der Waals surface area contributed by atoms with Crippen LogP contribution in [-0.4, -0.2) is 32.7 Å². The Balaban J connectivity index is 2.03. The van der Waals surface area contributed by atoms with Crippen molar-refractivity contribution in [1.82, 2.24) is 0 Å². The van der Waals surface area contributed by atoms with Gasteiger partial charge in [0.25, 0.3) is 5.91 Å². The maximum absolute atomic E-state index is 13.1. The van der Waals surface area contributed by atoms with Gasteiger partial charge in [-0.15, -0.1) is 0 Å². The van der Waals surface area contributed by atoms with Gasteiger partial charge in [-0.2, -0.15) is 0 Å². The van der Waals surface area contributed by atoms with Gasteiger partial charge >= 0.3 is 5.97 Å². The lowest BCUT2D eigenvalue weighted by Crippen LogP contribution is -2.21. The topological polar surface area (TPSA) is 73.9 Å². The molecule has 0 unspecified atom stereocenters. The van der Waals surface area contributed by atoms with Crippen molar-refractivity contribution in [2.75, 3.05) is 26.1 Å². The molecule has 0 aromatic heterocycles. The number of esters is 1. The summed E-state index contributed by atoms with van der Waals surface area (Å²) in [4.78, 5) is 23.7. The summed E-state index contributed by atoms with van der Waals surface area (Å²) in [7, 11) is 2.81. The van der Waals surface area contributed by atoms with Crippen LogP contribution in [0.3, 0.4) is 0 Å². The van der Waals surface area contributed by atoms with Crippen molar-refractivity contribution in [3.8, 4) is 11.5 Å². The summed E-state index contributed by atoms with van der Waals surface area (Å²) < 4.78 is 41.1. The average Bonchev–Trinajstić information content (AvgIpc) is 2.59. The van der Waals surface area contributed by atoms with Crippen molar-refractivity contribution in [3.05, 3.63) is 52.6 Å². The van der Waals surface area contributed by atoms with Gasteiger partial charge in [0.15, 0.2) is 6.61 Å². The predicted molar refractivity (Wildman–Crippen MR) is 89.8 cm³/mol. The fraction of sp³-hybridized carbons (Fsp3) is 0.176. The highest BCUT2D eigenvalue weighted by Crippen LogP contribution is 2.35. The Labute approximate surface area is 152 Å². The molecule has 2 rings (SSSR count). The summed E-state index contributed by atoms with van der Waals surface area (Å²) in [6.45, 7) is -0.677. The van der Waals surface area contributed by atoms with Gasteiger partial charge in [0.2, 0.25) is 0 Å². The molecule has 0 aliphatic rings. The van der Waals surface area contributed by atoms with Gasteiger partial charge in [0.05, 0.1) is 30.5 Å². The Bertz CT molecular complexity index is 824. The molecule has 0 aliphatic heterocycles. The van der Waals surface area contributed by atoms with E-state index in [9.17, 15) is 18.4 Å². The molecule has 0 saturated carbocycles. The van der Waals surface area contributed by atoms with Crippen molar-refractivity contribution in [2.24, 2.45) is 0 Å². The third-order valence-corrected chi connectivity index (χ3v) is 3.48. The number of carbonyl (C=O) groups excluding carboxylic acids is 2. The fourth-order valence-electron chi connectivity index (χ4n) is 2.03. The van der Waals surface area contributed by atoms with Gasteiger partial charge in [0.1, 0.15) is 23.1 Å². The molecule has 2 aromatic carbocycles. The number of amides is 1. The summed E-state index contributed by atoms with van der Waals surface area (Å²) >= 11 is 5.99. The molecule has 138 valence electrons. The van der Waals surface area contributed by atoms with Crippen LogP contribution in [0, 0.1) is 11.6 Å². The minimum atomic E-state index is -1.04. The summed E-state index contributed by atoms with van der Waals surface area (Å²) in [6.07, 6.45) is 0. The zero-order valence-electron chi connectivity index (χ0n) is 13.8. The molecule has 6 nitrogen and oxygen atoms in total. The number of hydrogen-bond acceptors (Lipinski definition) is 5. The second-order valence-electron chi connectivity index (χ2n) is 4.97. The molecule has 9 heteroatoms. The standard InChI is InChI=1S/C17H14ClF2NO5/c1-24-14-7-15(25-2)13(6-12(14)18)21-16(22)8-26-17(23)9-3-10(19)5-11(20)4-9/h3-7H,8H2,1-2H3,(H,21,22). The van der Waals surface area contributed by atoms with Crippen molar-refractivity contribution in [2.45, 2.75) is 0 Å². The second-order valence-corrected chi connectivity index (χ2v) is 5.38. The zero-order valence-corrected chi connectivity index (χ0v) is 14.5. The third kappa shape index (κ3) is 4.82. The Morgan fingerprint density at radius 1 is 1.00 bits per heavy atom. The fourth-order valence-corrected chi connectivity index (χ4v) is 2.27. The third-order valence-electron chi connectivity index (χ3n) is 3.18. The van der Waals surface area contributed by atoms with E-state index < -0.39 is 30.1 Å². The van der Waals surface area contributed by atoms with E-state index >= 15 is 0 Å². The van der Waals surface area contributed by atoms with Crippen LogP contribution in [0.4, 0.5) is 14.5 Å². The normalized spacial score (nSPS) is 10.2. The molecule has 2 aromatic rings. The molecule has 0 saturated heterocycles. The maximum atomic E-state index is 13.1. The number of anilines is 1. The summed E-state index contributed by atoms with van der Waals surface area (Å²) in [5.41, 5.74) is -0.114. The lowest BCUT2D eigenvalue weighted by atomic mass is 10.2. The second kappa shape index (κ2) is 8.48. The first-order valence-corrected chi connectivity index (χ1v) is 7.56. The summed E-state index contributed by atoms with van der Waals surface area (Å²) in [6, 6.07) is 5.09. The van der Waals surface area contributed by atoms with E-state index in [2.05, 4.69) is 5.32 Å².